The Kier molecular flexibility index (Phi) is 7.85. The topological polar surface area (TPSA) is 107 Å². The van der Waals surface area contributed by atoms with Gasteiger partial charge < -0.3 is 20.4 Å². The number of carbonyl (C=O) groups excluding carboxylic acids is 2. The van der Waals surface area contributed by atoms with Crippen LogP contribution in [0.2, 0.25) is 0 Å². The summed E-state index contributed by atoms with van der Waals surface area (Å²) in [7, 11) is 0. The summed E-state index contributed by atoms with van der Waals surface area (Å²) < 4.78 is 5.66. The summed E-state index contributed by atoms with van der Waals surface area (Å²) in [5, 5.41) is 19.8. The van der Waals surface area contributed by atoms with Gasteiger partial charge in [-0.1, -0.05) is 47.7 Å². The molecule has 2 amide bonds. The van der Waals surface area contributed by atoms with Crippen molar-refractivity contribution < 1.29 is 14.0 Å². The van der Waals surface area contributed by atoms with Gasteiger partial charge in [-0.15, -0.1) is 0 Å². The Balaban J connectivity index is 1.58. The molecular weight excluding hydrogens is 484 g/mol. The summed E-state index contributed by atoms with van der Waals surface area (Å²) in [6.07, 6.45) is 1.51. The van der Waals surface area contributed by atoms with Crippen LogP contribution in [0.1, 0.15) is 35.3 Å². The monoisotopic (exact) mass is 512 g/mol. The first-order valence-electron chi connectivity index (χ1n) is 11.8. The summed E-state index contributed by atoms with van der Waals surface area (Å²) in [6.45, 7) is 7.73. The molecule has 4 rings (SSSR count). The van der Waals surface area contributed by atoms with Crippen molar-refractivity contribution in [1.82, 2.24) is 5.32 Å². The van der Waals surface area contributed by atoms with Crippen LogP contribution in [0.15, 0.2) is 87.1 Å². The number of nitriles is 1. The van der Waals surface area contributed by atoms with Crippen molar-refractivity contribution in [2.24, 2.45) is 0 Å². The molecule has 2 heterocycles. The number of allylic oxidation sites excluding steroid dienone is 2. The van der Waals surface area contributed by atoms with Gasteiger partial charge in [0.15, 0.2) is 0 Å². The number of nitrogens with one attached hydrogen (secondary N) is 3. The number of hydrogen-bond donors (Lipinski definition) is 3. The maximum absolute atomic E-state index is 13.4. The van der Waals surface area contributed by atoms with Crippen LogP contribution >= 0.6 is 11.8 Å². The number of carbonyl (C=O) groups is 2. The van der Waals surface area contributed by atoms with Gasteiger partial charge in [0.1, 0.15) is 5.76 Å². The van der Waals surface area contributed by atoms with E-state index in [0.29, 0.717) is 33.3 Å². The lowest BCUT2D eigenvalue weighted by Crippen LogP contribution is -2.31. The second-order valence-corrected chi connectivity index (χ2v) is 9.88. The summed E-state index contributed by atoms with van der Waals surface area (Å²) in [6, 6.07) is 18.9. The molecule has 1 atom stereocenters. The molecule has 7 nitrogen and oxygen atoms in total. The second kappa shape index (κ2) is 11.2. The Morgan fingerprint density at radius 2 is 1.73 bits per heavy atom. The summed E-state index contributed by atoms with van der Waals surface area (Å²) >= 11 is 1.22. The van der Waals surface area contributed by atoms with Gasteiger partial charge in [-0.2, -0.15) is 5.26 Å². The molecule has 0 fully saturated rings. The third-order valence-corrected chi connectivity index (χ3v) is 7.06. The van der Waals surface area contributed by atoms with Gasteiger partial charge in [0.05, 0.1) is 40.2 Å². The van der Waals surface area contributed by atoms with Crippen molar-refractivity contribution in [3.05, 3.63) is 105 Å². The smallest absolute Gasteiger partial charge is 0.254 e. The van der Waals surface area contributed by atoms with Gasteiger partial charge in [-0.05, 0) is 63.1 Å². The molecule has 0 bridgehead atoms. The van der Waals surface area contributed by atoms with Gasteiger partial charge in [-0.25, -0.2) is 0 Å². The van der Waals surface area contributed by atoms with Crippen LogP contribution in [0.25, 0.3) is 0 Å². The number of nitrogens with zero attached hydrogens (tertiary/aromatic N) is 1. The van der Waals surface area contributed by atoms with E-state index in [1.165, 1.54) is 18.0 Å². The molecule has 1 aliphatic heterocycles. The third-order valence-electron chi connectivity index (χ3n) is 6.04. The number of amides is 2. The van der Waals surface area contributed by atoms with E-state index in [2.05, 4.69) is 22.0 Å². The molecule has 1 aliphatic rings. The van der Waals surface area contributed by atoms with E-state index in [1.54, 1.807) is 31.2 Å². The van der Waals surface area contributed by atoms with Crippen LogP contribution in [-0.4, -0.2) is 17.6 Å². The van der Waals surface area contributed by atoms with Gasteiger partial charge in [-0.3, -0.25) is 9.59 Å². The van der Waals surface area contributed by atoms with Crippen LogP contribution in [-0.2, 0) is 9.59 Å². The fourth-order valence-electron chi connectivity index (χ4n) is 4.48. The molecule has 3 aromatic rings. The predicted molar refractivity (Wildman–Crippen MR) is 147 cm³/mol. The van der Waals surface area contributed by atoms with E-state index in [9.17, 15) is 14.9 Å². The van der Waals surface area contributed by atoms with Crippen molar-refractivity contribution >= 4 is 35.0 Å². The number of hydrogen-bond acceptors (Lipinski definition) is 6. The van der Waals surface area contributed by atoms with Crippen molar-refractivity contribution in [3.8, 4) is 6.07 Å². The Morgan fingerprint density at radius 3 is 2.35 bits per heavy atom. The highest BCUT2D eigenvalue weighted by Crippen LogP contribution is 2.41. The number of para-hydroxylation sites is 1. The number of dihydropyridines is 1. The molecule has 8 heteroatoms. The number of thioether (sulfide) groups is 1. The molecule has 0 spiro atoms. The van der Waals surface area contributed by atoms with Crippen LogP contribution in [0.4, 0.5) is 11.4 Å². The molecule has 188 valence electrons. The Bertz CT molecular complexity index is 1410. The fraction of sp³-hybridized carbons (Fsp3) is 0.207. The van der Waals surface area contributed by atoms with E-state index in [1.807, 2.05) is 51.1 Å². The molecule has 0 saturated heterocycles. The molecule has 2 aromatic carbocycles. The molecule has 0 aliphatic carbocycles. The summed E-state index contributed by atoms with van der Waals surface area (Å²) in [4.78, 5) is 26.2. The highest BCUT2D eigenvalue weighted by atomic mass is 32.2. The van der Waals surface area contributed by atoms with Crippen molar-refractivity contribution in [3.63, 3.8) is 0 Å². The fourth-order valence-corrected chi connectivity index (χ4v) is 5.37. The van der Waals surface area contributed by atoms with E-state index < -0.39 is 5.92 Å². The van der Waals surface area contributed by atoms with Gasteiger partial charge >= 0.3 is 0 Å². The SMILES string of the molecule is CC1=C(C(=O)Nc2ccccc2)[C@H](c2ccco2)C(C#N)=C(SCC(=O)Nc2c(C)cc(C)cc2C)N1. The van der Waals surface area contributed by atoms with Crippen molar-refractivity contribution in [2.45, 2.75) is 33.6 Å². The van der Waals surface area contributed by atoms with E-state index in [0.717, 1.165) is 22.4 Å². The lowest BCUT2D eigenvalue weighted by molar-refractivity contribution is -0.114. The Morgan fingerprint density at radius 1 is 1.03 bits per heavy atom. The minimum Gasteiger partial charge on any atom is -0.468 e. The third kappa shape index (κ3) is 5.79. The minimum absolute atomic E-state index is 0.0873. The number of furan rings is 1. The predicted octanol–water partition coefficient (Wildman–Crippen LogP) is 5.91. The standard InChI is InChI=1S/C29H28N4O3S/c1-17-13-18(2)27(19(3)14-17)33-24(34)16-37-29-22(15-30)26(23-11-8-12-36-23)25(20(4)31-29)28(35)32-21-9-6-5-7-10-21/h5-14,26,31H,16H2,1-4H3,(H,32,35)(H,33,34)/t26-/m0/s1. The van der Waals surface area contributed by atoms with Crippen LogP contribution < -0.4 is 16.0 Å². The second-order valence-electron chi connectivity index (χ2n) is 8.90. The highest BCUT2D eigenvalue weighted by Gasteiger charge is 2.36. The lowest BCUT2D eigenvalue weighted by atomic mass is 9.85. The lowest BCUT2D eigenvalue weighted by Gasteiger charge is -2.28. The Hall–Kier alpha value is -4.22. The molecule has 37 heavy (non-hydrogen) atoms. The normalized spacial score (nSPS) is 15.2. The zero-order chi connectivity index (χ0) is 26.5. The minimum atomic E-state index is -0.711. The first-order chi connectivity index (χ1) is 17.8. The number of rotatable bonds is 7. The number of aryl methyl sites for hydroxylation is 3. The first-order valence-corrected chi connectivity index (χ1v) is 12.8. The summed E-state index contributed by atoms with van der Waals surface area (Å²) in [5.74, 6) is -0.668. The molecular formula is C29H28N4O3S. The zero-order valence-electron chi connectivity index (χ0n) is 21.1. The average molecular weight is 513 g/mol. The first kappa shape index (κ1) is 25.9. The van der Waals surface area contributed by atoms with Crippen LogP contribution in [0.3, 0.4) is 0 Å². The van der Waals surface area contributed by atoms with E-state index in [-0.39, 0.29) is 17.6 Å². The van der Waals surface area contributed by atoms with Crippen molar-refractivity contribution in [1.29, 1.82) is 5.26 Å². The number of anilines is 2. The average Bonchev–Trinajstić information content (AvgIpc) is 3.39. The van der Waals surface area contributed by atoms with Crippen molar-refractivity contribution in [2.75, 3.05) is 16.4 Å². The van der Waals surface area contributed by atoms with Crippen LogP contribution in [0.5, 0.6) is 0 Å². The number of benzene rings is 2. The van der Waals surface area contributed by atoms with Gasteiger partial charge in [0.25, 0.3) is 5.91 Å². The molecule has 1 aromatic heterocycles. The maximum Gasteiger partial charge on any atom is 0.254 e. The van der Waals surface area contributed by atoms with Crippen LogP contribution in [0, 0.1) is 32.1 Å². The highest BCUT2D eigenvalue weighted by molar-refractivity contribution is 8.03. The van der Waals surface area contributed by atoms with E-state index in [4.69, 9.17) is 4.42 Å². The molecule has 0 saturated carbocycles. The Labute approximate surface area is 220 Å². The zero-order valence-corrected chi connectivity index (χ0v) is 22.0. The molecule has 0 unspecified atom stereocenters. The molecule has 3 N–H and O–H groups in total. The summed E-state index contributed by atoms with van der Waals surface area (Å²) in [5.41, 5.74) is 5.86. The maximum atomic E-state index is 13.4. The van der Waals surface area contributed by atoms with E-state index >= 15 is 0 Å². The van der Waals surface area contributed by atoms with Gasteiger partial charge in [0, 0.05) is 17.1 Å². The largest absolute Gasteiger partial charge is 0.468 e. The molecule has 0 radical (unpaired) electrons. The van der Waals surface area contributed by atoms with Gasteiger partial charge in [0.2, 0.25) is 5.91 Å². The quantitative estimate of drug-likeness (QED) is 0.363.